The highest BCUT2D eigenvalue weighted by atomic mass is 16.3. The molecule has 14 heavy (non-hydrogen) atoms. The first-order valence-corrected chi connectivity index (χ1v) is 5.58. The van der Waals surface area contributed by atoms with Crippen LogP contribution < -0.4 is 5.32 Å². The SMILES string of the molecule is CC(C)N1CC(CCO)NCC1(C)C. The maximum atomic E-state index is 8.91. The van der Waals surface area contributed by atoms with E-state index >= 15 is 0 Å². The highest BCUT2D eigenvalue weighted by Gasteiger charge is 2.34. The fourth-order valence-electron chi connectivity index (χ4n) is 2.30. The van der Waals surface area contributed by atoms with E-state index in [1.165, 1.54) is 0 Å². The Hall–Kier alpha value is -0.120. The summed E-state index contributed by atoms with van der Waals surface area (Å²) in [5.41, 5.74) is 0.236. The first kappa shape index (κ1) is 12.0. The lowest BCUT2D eigenvalue weighted by Crippen LogP contribution is -2.63. The van der Waals surface area contributed by atoms with Crippen LogP contribution in [0.1, 0.15) is 34.1 Å². The van der Waals surface area contributed by atoms with Gasteiger partial charge in [-0.15, -0.1) is 0 Å². The molecule has 1 heterocycles. The van der Waals surface area contributed by atoms with Crippen LogP contribution >= 0.6 is 0 Å². The largest absolute Gasteiger partial charge is 0.396 e. The van der Waals surface area contributed by atoms with E-state index in [2.05, 4.69) is 37.9 Å². The molecule has 84 valence electrons. The molecule has 0 saturated carbocycles. The summed E-state index contributed by atoms with van der Waals surface area (Å²) in [5, 5.41) is 12.4. The molecule has 0 radical (unpaired) electrons. The standard InChI is InChI=1S/C11H24N2O/c1-9(2)13-7-10(5-6-14)12-8-11(13,3)4/h9-10,12,14H,5-8H2,1-4H3. The maximum absolute atomic E-state index is 8.91. The van der Waals surface area contributed by atoms with Gasteiger partial charge in [0.1, 0.15) is 0 Å². The van der Waals surface area contributed by atoms with Crippen molar-refractivity contribution in [3.8, 4) is 0 Å². The maximum Gasteiger partial charge on any atom is 0.0446 e. The third kappa shape index (κ3) is 2.69. The molecule has 1 saturated heterocycles. The minimum atomic E-state index is 0.236. The summed E-state index contributed by atoms with van der Waals surface area (Å²) >= 11 is 0. The topological polar surface area (TPSA) is 35.5 Å². The summed E-state index contributed by atoms with van der Waals surface area (Å²) in [6.07, 6.45) is 0.860. The third-order valence-electron chi connectivity index (χ3n) is 3.12. The Balaban J connectivity index is 2.58. The van der Waals surface area contributed by atoms with E-state index in [-0.39, 0.29) is 12.1 Å². The number of hydrogen-bond donors (Lipinski definition) is 2. The van der Waals surface area contributed by atoms with E-state index in [9.17, 15) is 0 Å². The zero-order valence-electron chi connectivity index (χ0n) is 9.88. The molecule has 1 atom stereocenters. The van der Waals surface area contributed by atoms with Crippen molar-refractivity contribution in [2.24, 2.45) is 0 Å². The van der Waals surface area contributed by atoms with Crippen molar-refractivity contribution in [1.29, 1.82) is 0 Å². The fourth-order valence-corrected chi connectivity index (χ4v) is 2.30. The van der Waals surface area contributed by atoms with Gasteiger partial charge in [-0.2, -0.15) is 0 Å². The van der Waals surface area contributed by atoms with Gasteiger partial charge in [0.15, 0.2) is 0 Å². The molecule has 0 spiro atoms. The summed E-state index contributed by atoms with van der Waals surface area (Å²) in [4.78, 5) is 2.52. The molecule has 2 N–H and O–H groups in total. The predicted molar refractivity (Wildman–Crippen MR) is 59.4 cm³/mol. The Labute approximate surface area is 87.5 Å². The van der Waals surface area contributed by atoms with E-state index in [0.717, 1.165) is 19.5 Å². The van der Waals surface area contributed by atoms with Crippen molar-refractivity contribution in [2.75, 3.05) is 19.7 Å². The number of nitrogens with one attached hydrogen (secondary N) is 1. The molecule has 3 nitrogen and oxygen atoms in total. The van der Waals surface area contributed by atoms with Crippen LogP contribution in [0, 0.1) is 0 Å². The van der Waals surface area contributed by atoms with Gasteiger partial charge in [0, 0.05) is 37.3 Å². The normalized spacial score (nSPS) is 28.3. The predicted octanol–water partition coefficient (Wildman–Crippen LogP) is 0.830. The summed E-state index contributed by atoms with van der Waals surface area (Å²) in [6.45, 7) is 11.4. The van der Waals surface area contributed by atoms with Crippen molar-refractivity contribution in [1.82, 2.24) is 10.2 Å². The van der Waals surface area contributed by atoms with Crippen LogP contribution in [0.4, 0.5) is 0 Å². The van der Waals surface area contributed by atoms with E-state index in [1.54, 1.807) is 0 Å². The summed E-state index contributed by atoms with van der Waals surface area (Å²) in [6, 6.07) is 1.03. The van der Waals surface area contributed by atoms with Crippen LogP contribution in [0.2, 0.25) is 0 Å². The third-order valence-corrected chi connectivity index (χ3v) is 3.12. The number of piperazine rings is 1. The molecular weight excluding hydrogens is 176 g/mol. The van der Waals surface area contributed by atoms with Gasteiger partial charge in [0.2, 0.25) is 0 Å². The number of hydrogen-bond acceptors (Lipinski definition) is 3. The van der Waals surface area contributed by atoms with E-state index in [4.69, 9.17) is 5.11 Å². The van der Waals surface area contributed by atoms with Gasteiger partial charge in [0.25, 0.3) is 0 Å². The van der Waals surface area contributed by atoms with Gasteiger partial charge in [-0.1, -0.05) is 0 Å². The first-order chi connectivity index (χ1) is 6.47. The molecule has 0 aromatic heterocycles. The molecule has 1 fully saturated rings. The quantitative estimate of drug-likeness (QED) is 0.708. The second kappa shape index (κ2) is 4.60. The van der Waals surface area contributed by atoms with Gasteiger partial charge in [0.05, 0.1) is 0 Å². The lowest BCUT2D eigenvalue weighted by molar-refractivity contribution is 0.0324. The Morgan fingerprint density at radius 2 is 2.14 bits per heavy atom. The Morgan fingerprint density at radius 1 is 1.50 bits per heavy atom. The first-order valence-electron chi connectivity index (χ1n) is 5.58. The summed E-state index contributed by atoms with van der Waals surface area (Å²) in [7, 11) is 0. The number of nitrogens with zero attached hydrogens (tertiary/aromatic N) is 1. The molecule has 0 aromatic rings. The highest BCUT2D eigenvalue weighted by Crippen LogP contribution is 2.21. The number of rotatable bonds is 3. The van der Waals surface area contributed by atoms with Gasteiger partial charge < -0.3 is 10.4 Å². The molecule has 1 unspecified atom stereocenters. The highest BCUT2D eigenvalue weighted by molar-refractivity contribution is 4.94. The van der Waals surface area contributed by atoms with Crippen molar-refractivity contribution in [3.63, 3.8) is 0 Å². The minimum Gasteiger partial charge on any atom is -0.396 e. The average Bonchev–Trinajstić information content (AvgIpc) is 2.08. The van der Waals surface area contributed by atoms with Gasteiger partial charge in [-0.05, 0) is 34.1 Å². The van der Waals surface area contributed by atoms with E-state index in [0.29, 0.717) is 12.1 Å². The Bertz CT molecular complexity index is 180. The second-order valence-corrected chi connectivity index (χ2v) is 5.15. The molecule has 1 aliphatic heterocycles. The van der Waals surface area contributed by atoms with Crippen molar-refractivity contribution >= 4 is 0 Å². The van der Waals surface area contributed by atoms with Gasteiger partial charge >= 0.3 is 0 Å². The minimum absolute atomic E-state index is 0.236. The van der Waals surface area contributed by atoms with Crippen LogP contribution in [-0.4, -0.2) is 47.3 Å². The van der Waals surface area contributed by atoms with Crippen LogP contribution in [-0.2, 0) is 0 Å². The zero-order valence-corrected chi connectivity index (χ0v) is 9.88. The summed E-state index contributed by atoms with van der Waals surface area (Å²) in [5.74, 6) is 0. The van der Waals surface area contributed by atoms with Crippen molar-refractivity contribution in [2.45, 2.75) is 51.7 Å². The molecule has 0 aromatic carbocycles. The van der Waals surface area contributed by atoms with Gasteiger partial charge in [-0.25, -0.2) is 0 Å². The molecule has 0 amide bonds. The van der Waals surface area contributed by atoms with Crippen LogP contribution in [0.15, 0.2) is 0 Å². The van der Waals surface area contributed by atoms with E-state index in [1.807, 2.05) is 0 Å². The second-order valence-electron chi connectivity index (χ2n) is 5.15. The lowest BCUT2D eigenvalue weighted by Gasteiger charge is -2.48. The molecular formula is C11H24N2O. The summed E-state index contributed by atoms with van der Waals surface area (Å²) < 4.78 is 0. The molecule has 0 bridgehead atoms. The van der Waals surface area contributed by atoms with E-state index < -0.39 is 0 Å². The smallest absolute Gasteiger partial charge is 0.0446 e. The average molecular weight is 200 g/mol. The Kier molecular flexibility index (Phi) is 3.93. The van der Waals surface area contributed by atoms with Crippen LogP contribution in [0.3, 0.4) is 0 Å². The molecule has 1 aliphatic rings. The molecule has 0 aliphatic carbocycles. The molecule has 1 rings (SSSR count). The van der Waals surface area contributed by atoms with Crippen molar-refractivity contribution in [3.05, 3.63) is 0 Å². The van der Waals surface area contributed by atoms with Crippen LogP contribution in [0.5, 0.6) is 0 Å². The fraction of sp³-hybridized carbons (Fsp3) is 1.00. The lowest BCUT2D eigenvalue weighted by atomic mass is 9.95. The molecule has 3 heteroatoms. The van der Waals surface area contributed by atoms with Crippen molar-refractivity contribution < 1.29 is 5.11 Å². The number of aliphatic hydroxyl groups is 1. The van der Waals surface area contributed by atoms with Crippen LogP contribution in [0.25, 0.3) is 0 Å². The monoisotopic (exact) mass is 200 g/mol. The zero-order chi connectivity index (χ0) is 10.8. The van der Waals surface area contributed by atoms with Gasteiger partial charge in [-0.3, -0.25) is 4.90 Å². The number of aliphatic hydroxyl groups excluding tert-OH is 1. The Morgan fingerprint density at radius 3 is 2.64 bits per heavy atom.